The molecule has 2 rings (SSSR count). The van der Waals surface area contributed by atoms with Gasteiger partial charge < -0.3 is 15.4 Å². The fraction of sp³-hybridized carbons (Fsp3) is 0.455. The molecule has 1 aliphatic rings. The highest BCUT2D eigenvalue weighted by molar-refractivity contribution is 9.10. The third-order valence-electron chi connectivity index (χ3n) is 3.01. The summed E-state index contributed by atoms with van der Waals surface area (Å²) in [5.41, 5.74) is 0.482. The summed E-state index contributed by atoms with van der Waals surface area (Å²) in [5, 5.41) is 11.7. The number of aliphatic carboxylic acids is 1. The first-order valence-corrected chi connectivity index (χ1v) is 6.23. The molecule has 3 N–H and O–H groups in total. The van der Waals surface area contributed by atoms with Gasteiger partial charge in [0, 0.05) is 16.7 Å². The number of aromatic amines is 1. The maximum absolute atomic E-state index is 11.8. The molecule has 1 heterocycles. The van der Waals surface area contributed by atoms with Crippen molar-refractivity contribution in [1.82, 2.24) is 10.3 Å². The van der Waals surface area contributed by atoms with Crippen LogP contribution in [0.1, 0.15) is 29.8 Å². The van der Waals surface area contributed by atoms with Crippen molar-refractivity contribution in [2.24, 2.45) is 5.92 Å². The number of carboxylic acids is 1. The van der Waals surface area contributed by atoms with Gasteiger partial charge >= 0.3 is 5.97 Å². The molecule has 2 atom stereocenters. The minimum atomic E-state index is -0.774. The monoisotopic (exact) mass is 300 g/mol. The van der Waals surface area contributed by atoms with Crippen molar-refractivity contribution < 1.29 is 14.7 Å². The molecule has 0 bridgehead atoms. The van der Waals surface area contributed by atoms with Crippen LogP contribution in [0.5, 0.6) is 0 Å². The maximum Gasteiger partial charge on any atom is 0.306 e. The molecule has 0 aromatic carbocycles. The highest BCUT2D eigenvalue weighted by Crippen LogP contribution is 2.25. The van der Waals surface area contributed by atoms with E-state index in [2.05, 4.69) is 26.2 Å². The van der Waals surface area contributed by atoms with Crippen LogP contribution in [-0.2, 0) is 4.79 Å². The summed E-state index contributed by atoms with van der Waals surface area (Å²) in [4.78, 5) is 25.4. The van der Waals surface area contributed by atoms with Crippen LogP contribution in [0.4, 0.5) is 0 Å². The topological polar surface area (TPSA) is 82.2 Å². The second-order valence-corrected chi connectivity index (χ2v) is 5.17. The lowest BCUT2D eigenvalue weighted by Crippen LogP contribution is -2.33. The molecule has 1 aliphatic carbocycles. The molecule has 1 fully saturated rings. The predicted molar refractivity (Wildman–Crippen MR) is 64.7 cm³/mol. The first-order valence-electron chi connectivity index (χ1n) is 5.44. The van der Waals surface area contributed by atoms with Crippen LogP contribution in [0.25, 0.3) is 0 Å². The molecule has 92 valence electrons. The zero-order valence-electron chi connectivity index (χ0n) is 9.07. The number of aromatic nitrogens is 1. The van der Waals surface area contributed by atoms with Gasteiger partial charge in [-0.1, -0.05) is 0 Å². The van der Waals surface area contributed by atoms with Gasteiger partial charge in [0.05, 0.1) is 5.92 Å². The zero-order valence-corrected chi connectivity index (χ0v) is 10.7. The number of rotatable bonds is 3. The Morgan fingerprint density at radius 3 is 2.76 bits per heavy atom. The first-order chi connectivity index (χ1) is 8.06. The van der Waals surface area contributed by atoms with Gasteiger partial charge in [-0.25, -0.2) is 0 Å². The SMILES string of the molecule is O=C(NC1CCC(C(=O)O)C1)c1cc(Br)c[nH]1. The third kappa shape index (κ3) is 2.88. The molecule has 1 amide bonds. The van der Waals surface area contributed by atoms with Crippen LogP contribution < -0.4 is 5.32 Å². The van der Waals surface area contributed by atoms with Crippen LogP contribution in [-0.4, -0.2) is 28.0 Å². The fourth-order valence-corrected chi connectivity index (χ4v) is 2.44. The van der Waals surface area contributed by atoms with Gasteiger partial charge in [0.25, 0.3) is 5.91 Å². The molecule has 1 aromatic rings. The van der Waals surface area contributed by atoms with Gasteiger partial charge in [-0.3, -0.25) is 9.59 Å². The number of nitrogens with one attached hydrogen (secondary N) is 2. The Labute approximate surface area is 107 Å². The lowest BCUT2D eigenvalue weighted by Gasteiger charge is -2.11. The Bertz CT molecular complexity index is 444. The minimum Gasteiger partial charge on any atom is -0.481 e. The summed E-state index contributed by atoms with van der Waals surface area (Å²) in [6, 6.07) is 1.66. The minimum absolute atomic E-state index is 0.0364. The summed E-state index contributed by atoms with van der Waals surface area (Å²) >= 11 is 3.25. The molecule has 1 aromatic heterocycles. The van der Waals surface area contributed by atoms with Crippen molar-refractivity contribution in [2.75, 3.05) is 0 Å². The van der Waals surface area contributed by atoms with Crippen LogP contribution in [0, 0.1) is 5.92 Å². The van der Waals surface area contributed by atoms with Crippen LogP contribution in [0.3, 0.4) is 0 Å². The fourth-order valence-electron chi connectivity index (χ4n) is 2.10. The second-order valence-electron chi connectivity index (χ2n) is 4.25. The molecule has 0 aliphatic heterocycles. The number of hydrogen-bond donors (Lipinski definition) is 3. The van der Waals surface area contributed by atoms with Crippen LogP contribution in [0.2, 0.25) is 0 Å². The van der Waals surface area contributed by atoms with E-state index >= 15 is 0 Å². The van der Waals surface area contributed by atoms with E-state index in [4.69, 9.17) is 5.11 Å². The smallest absolute Gasteiger partial charge is 0.306 e. The van der Waals surface area contributed by atoms with E-state index < -0.39 is 5.97 Å². The molecule has 1 saturated carbocycles. The van der Waals surface area contributed by atoms with E-state index in [0.717, 1.165) is 10.9 Å². The van der Waals surface area contributed by atoms with Crippen molar-refractivity contribution in [3.8, 4) is 0 Å². The standard InChI is InChI=1S/C11H13BrN2O3/c12-7-4-9(13-5-7)10(15)14-8-2-1-6(3-8)11(16)17/h4-6,8,13H,1-3H2,(H,14,15)(H,16,17). The number of hydrogen-bond acceptors (Lipinski definition) is 2. The van der Waals surface area contributed by atoms with Gasteiger partial charge in [0.1, 0.15) is 5.69 Å². The molecule has 0 saturated heterocycles. The van der Waals surface area contributed by atoms with Gasteiger partial charge in [-0.05, 0) is 41.3 Å². The third-order valence-corrected chi connectivity index (χ3v) is 3.47. The van der Waals surface area contributed by atoms with E-state index in [9.17, 15) is 9.59 Å². The molecule has 0 radical (unpaired) electrons. The Balaban J connectivity index is 1.90. The highest BCUT2D eigenvalue weighted by atomic mass is 79.9. The van der Waals surface area contributed by atoms with Crippen molar-refractivity contribution in [2.45, 2.75) is 25.3 Å². The number of halogens is 1. The average molecular weight is 301 g/mol. The van der Waals surface area contributed by atoms with E-state index in [0.29, 0.717) is 18.5 Å². The van der Waals surface area contributed by atoms with Gasteiger partial charge in [-0.2, -0.15) is 0 Å². The molecular weight excluding hydrogens is 288 g/mol. The van der Waals surface area contributed by atoms with E-state index in [-0.39, 0.29) is 17.9 Å². The number of carbonyl (C=O) groups is 2. The molecule has 17 heavy (non-hydrogen) atoms. The van der Waals surface area contributed by atoms with E-state index in [1.165, 1.54) is 0 Å². The van der Waals surface area contributed by atoms with Crippen molar-refractivity contribution in [1.29, 1.82) is 0 Å². The molecule has 5 nitrogen and oxygen atoms in total. The summed E-state index contributed by atoms with van der Waals surface area (Å²) < 4.78 is 0.817. The molecular formula is C11H13BrN2O3. The average Bonchev–Trinajstić information content (AvgIpc) is 2.86. The van der Waals surface area contributed by atoms with Crippen molar-refractivity contribution >= 4 is 27.8 Å². The summed E-state index contributed by atoms with van der Waals surface area (Å²) in [7, 11) is 0. The molecule has 0 spiro atoms. The van der Waals surface area contributed by atoms with E-state index in [1.807, 2.05) is 0 Å². The summed E-state index contributed by atoms with van der Waals surface area (Å²) in [5.74, 6) is -1.29. The summed E-state index contributed by atoms with van der Waals surface area (Å²) in [6.07, 6.45) is 3.56. The highest BCUT2D eigenvalue weighted by Gasteiger charge is 2.30. The van der Waals surface area contributed by atoms with Crippen LogP contribution in [0.15, 0.2) is 16.7 Å². The number of carboxylic acid groups (broad SMARTS) is 1. The quantitative estimate of drug-likeness (QED) is 0.795. The molecule has 2 unspecified atom stereocenters. The predicted octanol–water partition coefficient (Wildman–Crippen LogP) is 1.76. The van der Waals surface area contributed by atoms with Gasteiger partial charge in [0.15, 0.2) is 0 Å². The largest absolute Gasteiger partial charge is 0.481 e. The lowest BCUT2D eigenvalue weighted by molar-refractivity contribution is -0.141. The Kier molecular flexibility index (Phi) is 3.51. The Morgan fingerprint density at radius 2 is 2.24 bits per heavy atom. The number of amides is 1. The zero-order chi connectivity index (χ0) is 12.4. The van der Waals surface area contributed by atoms with E-state index in [1.54, 1.807) is 12.3 Å². The van der Waals surface area contributed by atoms with Crippen molar-refractivity contribution in [3.63, 3.8) is 0 Å². The van der Waals surface area contributed by atoms with Gasteiger partial charge in [-0.15, -0.1) is 0 Å². The summed E-state index contributed by atoms with van der Waals surface area (Å²) in [6.45, 7) is 0. The molecule has 6 heteroatoms. The lowest BCUT2D eigenvalue weighted by atomic mass is 10.1. The maximum atomic E-state index is 11.8. The van der Waals surface area contributed by atoms with Gasteiger partial charge in [0.2, 0.25) is 0 Å². The normalized spacial score (nSPS) is 23.6. The second kappa shape index (κ2) is 4.91. The van der Waals surface area contributed by atoms with Crippen LogP contribution >= 0.6 is 15.9 Å². The van der Waals surface area contributed by atoms with Crippen molar-refractivity contribution in [3.05, 3.63) is 22.4 Å². The Hall–Kier alpha value is -1.30. The Morgan fingerprint density at radius 1 is 1.47 bits per heavy atom. The number of H-pyrrole nitrogens is 1. The first kappa shape index (κ1) is 12.2. The number of carbonyl (C=O) groups excluding carboxylic acids is 1.